The van der Waals surface area contributed by atoms with Crippen molar-refractivity contribution in [1.82, 2.24) is 10.3 Å². The van der Waals surface area contributed by atoms with Crippen molar-refractivity contribution in [3.63, 3.8) is 0 Å². The highest BCUT2D eigenvalue weighted by Gasteiger charge is 2.12. The number of aromatic nitrogens is 1. The number of nitrogens with one attached hydrogen (secondary N) is 2. The molecule has 0 fully saturated rings. The molecule has 0 aliphatic carbocycles. The van der Waals surface area contributed by atoms with E-state index in [1.54, 1.807) is 36.4 Å². The van der Waals surface area contributed by atoms with Gasteiger partial charge in [0.25, 0.3) is 11.8 Å². The summed E-state index contributed by atoms with van der Waals surface area (Å²) < 4.78 is 5.69. The summed E-state index contributed by atoms with van der Waals surface area (Å²) in [7, 11) is 0. The Balaban J connectivity index is 1.56. The zero-order valence-electron chi connectivity index (χ0n) is 14.7. The Kier molecular flexibility index (Phi) is 6.03. The van der Waals surface area contributed by atoms with Crippen LogP contribution in [0.2, 0.25) is 0 Å². The maximum absolute atomic E-state index is 12.3. The van der Waals surface area contributed by atoms with Gasteiger partial charge in [-0.3, -0.25) is 14.6 Å². The monoisotopic (exact) mass is 427 g/mol. The number of amides is 2. The van der Waals surface area contributed by atoms with Crippen molar-refractivity contribution in [2.45, 2.75) is 13.3 Å². The van der Waals surface area contributed by atoms with Crippen molar-refractivity contribution >= 4 is 33.4 Å². The molecule has 0 unspecified atom stereocenters. The summed E-state index contributed by atoms with van der Waals surface area (Å²) in [4.78, 5) is 28.7. The number of benzene rings is 1. The average Bonchev–Trinajstić information content (AvgIpc) is 3.10. The standard InChI is InChI=1S/C20H18BrN3O3/c1-13-5-6-14(12-23-13)9-10-22-19(25)15-3-2-4-16(11-15)24-20(26)17-7-8-18(21)27-17/h2-8,11-12H,9-10H2,1H3,(H,22,25)(H,24,26). The van der Waals surface area contributed by atoms with Gasteiger partial charge in [0.15, 0.2) is 10.4 Å². The van der Waals surface area contributed by atoms with Crippen LogP contribution < -0.4 is 10.6 Å². The van der Waals surface area contributed by atoms with E-state index in [0.29, 0.717) is 28.9 Å². The third kappa shape index (κ3) is 5.27. The highest BCUT2D eigenvalue weighted by molar-refractivity contribution is 9.10. The van der Waals surface area contributed by atoms with Gasteiger partial charge < -0.3 is 15.1 Å². The molecule has 0 aliphatic rings. The minimum atomic E-state index is -0.384. The highest BCUT2D eigenvalue weighted by atomic mass is 79.9. The molecular formula is C20H18BrN3O3. The van der Waals surface area contributed by atoms with Crippen molar-refractivity contribution in [3.05, 3.63) is 82.0 Å². The van der Waals surface area contributed by atoms with Crippen molar-refractivity contribution in [1.29, 1.82) is 0 Å². The molecule has 0 aliphatic heterocycles. The third-order valence-electron chi connectivity index (χ3n) is 3.85. The fourth-order valence-corrected chi connectivity index (χ4v) is 2.74. The van der Waals surface area contributed by atoms with Crippen LogP contribution in [0, 0.1) is 6.92 Å². The Morgan fingerprint density at radius 3 is 2.67 bits per heavy atom. The summed E-state index contributed by atoms with van der Waals surface area (Å²) in [5, 5.41) is 5.59. The molecule has 0 saturated heterocycles. The van der Waals surface area contributed by atoms with Crippen LogP contribution >= 0.6 is 15.9 Å². The van der Waals surface area contributed by atoms with E-state index >= 15 is 0 Å². The topological polar surface area (TPSA) is 84.2 Å². The molecule has 0 saturated carbocycles. The van der Waals surface area contributed by atoms with Gasteiger partial charge in [0.05, 0.1) is 0 Å². The van der Waals surface area contributed by atoms with Crippen LogP contribution in [0.15, 0.2) is 63.8 Å². The minimum Gasteiger partial charge on any atom is -0.444 e. The molecule has 3 aromatic rings. The van der Waals surface area contributed by atoms with Gasteiger partial charge in [-0.15, -0.1) is 0 Å². The second-order valence-corrected chi connectivity index (χ2v) is 6.73. The fraction of sp³-hybridized carbons (Fsp3) is 0.150. The van der Waals surface area contributed by atoms with Gasteiger partial charge in [-0.05, 0) is 71.2 Å². The molecular weight excluding hydrogens is 410 g/mol. The zero-order chi connectivity index (χ0) is 19.2. The van der Waals surface area contributed by atoms with Gasteiger partial charge in [0, 0.05) is 29.7 Å². The number of carbonyl (C=O) groups is 2. The smallest absolute Gasteiger partial charge is 0.291 e. The molecule has 7 heteroatoms. The Morgan fingerprint density at radius 2 is 1.96 bits per heavy atom. The second-order valence-electron chi connectivity index (χ2n) is 5.95. The predicted octanol–water partition coefficient (Wildman–Crippen LogP) is 3.97. The molecule has 3 rings (SSSR count). The van der Waals surface area contributed by atoms with Crippen LogP contribution in [0.25, 0.3) is 0 Å². The summed E-state index contributed by atoms with van der Waals surface area (Å²) >= 11 is 3.16. The molecule has 6 nitrogen and oxygen atoms in total. The first-order chi connectivity index (χ1) is 13.0. The first-order valence-corrected chi connectivity index (χ1v) is 9.17. The Morgan fingerprint density at radius 1 is 1.11 bits per heavy atom. The number of hydrogen-bond acceptors (Lipinski definition) is 4. The lowest BCUT2D eigenvalue weighted by molar-refractivity contribution is 0.0952. The summed E-state index contributed by atoms with van der Waals surface area (Å²) in [5.74, 6) is -0.402. The summed E-state index contributed by atoms with van der Waals surface area (Å²) in [6, 6.07) is 13.9. The van der Waals surface area contributed by atoms with Crippen LogP contribution in [0.3, 0.4) is 0 Å². The first kappa shape index (κ1) is 18.8. The van der Waals surface area contributed by atoms with E-state index in [2.05, 4.69) is 31.5 Å². The van der Waals surface area contributed by atoms with Gasteiger partial charge >= 0.3 is 0 Å². The number of carbonyl (C=O) groups excluding carboxylic acids is 2. The number of aryl methyl sites for hydroxylation is 1. The van der Waals surface area contributed by atoms with Gasteiger partial charge in [0.1, 0.15) is 0 Å². The maximum Gasteiger partial charge on any atom is 0.291 e. The van der Waals surface area contributed by atoms with Gasteiger partial charge in [-0.25, -0.2) is 0 Å². The number of halogens is 1. The fourth-order valence-electron chi connectivity index (χ4n) is 2.44. The van der Waals surface area contributed by atoms with Gasteiger partial charge in [-0.1, -0.05) is 12.1 Å². The average molecular weight is 428 g/mol. The minimum absolute atomic E-state index is 0.184. The van der Waals surface area contributed by atoms with Crippen LogP contribution in [-0.4, -0.2) is 23.3 Å². The van der Waals surface area contributed by atoms with E-state index < -0.39 is 0 Å². The molecule has 0 spiro atoms. The normalized spacial score (nSPS) is 10.4. The van der Waals surface area contributed by atoms with Crippen LogP contribution in [-0.2, 0) is 6.42 Å². The van der Waals surface area contributed by atoms with E-state index in [0.717, 1.165) is 11.3 Å². The predicted molar refractivity (Wildman–Crippen MR) is 106 cm³/mol. The molecule has 27 heavy (non-hydrogen) atoms. The van der Waals surface area contributed by atoms with Crippen molar-refractivity contribution in [2.24, 2.45) is 0 Å². The molecule has 2 amide bonds. The quantitative estimate of drug-likeness (QED) is 0.623. The summed E-state index contributed by atoms with van der Waals surface area (Å²) in [5.41, 5.74) is 3.01. The molecule has 0 atom stereocenters. The molecule has 0 bridgehead atoms. The largest absolute Gasteiger partial charge is 0.444 e. The summed E-state index contributed by atoms with van der Waals surface area (Å²) in [6.45, 7) is 2.43. The van der Waals surface area contributed by atoms with E-state index in [4.69, 9.17) is 4.42 Å². The SMILES string of the molecule is Cc1ccc(CCNC(=O)c2cccc(NC(=O)c3ccc(Br)o3)c2)cn1. The van der Waals surface area contributed by atoms with Crippen molar-refractivity contribution < 1.29 is 14.0 Å². The van der Waals surface area contributed by atoms with Crippen molar-refractivity contribution in [3.8, 4) is 0 Å². The Hall–Kier alpha value is -2.93. The third-order valence-corrected chi connectivity index (χ3v) is 4.28. The van der Waals surface area contributed by atoms with E-state index in [1.807, 2.05) is 25.3 Å². The van der Waals surface area contributed by atoms with Crippen LogP contribution in [0.4, 0.5) is 5.69 Å². The lowest BCUT2D eigenvalue weighted by Gasteiger charge is -2.08. The van der Waals surface area contributed by atoms with E-state index in [1.165, 1.54) is 0 Å². The molecule has 2 aromatic heterocycles. The number of anilines is 1. The Bertz CT molecular complexity index is 951. The Labute approximate surface area is 165 Å². The molecule has 138 valence electrons. The summed E-state index contributed by atoms with van der Waals surface area (Å²) in [6.07, 6.45) is 2.51. The van der Waals surface area contributed by atoms with Crippen LogP contribution in [0.1, 0.15) is 32.2 Å². The number of rotatable bonds is 6. The number of furan rings is 1. The van der Waals surface area contributed by atoms with E-state index in [9.17, 15) is 9.59 Å². The number of hydrogen-bond donors (Lipinski definition) is 2. The molecule has 0 radical (unpaired) electrons. The van der Waals surface area contributed by atoms with E-state index in [-0.39, 0.29) is 17.6 Å². The zero-order valence-corrected chi connectivity index (χ0v) is 16.2. The highest BCUT2D eigenvalue weighted by Crippen LogP contribution is 2.17. The molecule has 2 heterocycles. The second kappa shape index (κ2) is 8.64. The first-order valence-electron chi connectivity index (χ1n) is 8.38. The maximum atomic E-state index is 12.3. The van der Waals surface area contributed by atoms with Gasteiger partial charge in [-0.2, -0.15) is 0 Å². The van der Waals surface area contributed by atoms with Gasteiger partial charge in [0.2, 0.25) is 0 Å². The van der Waals surface area contributed by atoms with Crippen LogP contribution in [0.5, 0.6) is 0 Å². The molecule has 2 N–H and O–H groups in total. The lowest BCUT2D eigenvalue weighted by atomic mass is 10.1. The van der Waals surface area contributed by atoms with Crippen molar-refractivity contribution in [2.75, 3.05) is 11.9 Å². The molecule has 1 aromatic carbocycles. The number of pyridine rings is 1. The number of nitrogens with zero attached hydrogens (tertiary/aromatic N) is 1. The lowest BCUT2D eigenvalue weighted by Crippen LogP contribution is -2.25.